The van der Waals surface area contributed by atoms with Crippen molar-refractivity contribution in [2.75, 3.05) is 6.61 Å². The van der Waals surface area contributed by atoms with Crippen molar-refractivity contribution in [1.82, 2.24) is 5.32 Å². The average molecular weight is 670 g/mol. The number of aliphatic hydroxyl groups is 1. The third kappa shape index (κ3) is 25.8. The summed E-state index contributed by atoms with van der Waals surface area (Å²) in [6.45, 7) is 4.24. The van der Waals surface area contributed by atoms with Gasteiger partial charge in [0.25, 0.3) is 0 Å². The molecule has 0 spiro atoms. The minimum Gasteiger partial charge on any atom is -0.452 e. The van der Waals surface area contributed by atoms with E-state index in [0.29, 0.717) is 12.0 Å². The predicted molar refractivity (Wildman–Crippen MR) is 204 cm³/mol. The van der Waals surface area contributed by atoms with Crippen molar-refractivity contribution in [1.29, 1.82) is 0 Å². The molecule has 276 valence electrons. The maximum absolute atomic E-state index is 12.9. The van der Waals surface area contributed by atoms with E-state index in [1.54, 1.807) is 24.3 Å². The van der Waals surface area contributed by atoms with Crippen LogP contribution < -0.4 is 5.32 Å². The fourth-order valence-electron chi connectivity index (χ4n) is 6.35. The lowest BCUT2D eigenvalue weighted by atomic mass is 10.0. The van der Waals surface area contributed by atoms with Gasteiger partial charge in [0.15, 0.2) is 0 Å². The highest BCUT2D eigenvalue weighted by Crippen LogP contribution is 2.16. The van der Waals surface area contributed by atoms with E-state index in [9.17, 15) is 14.7 Å². The summed E-state index contributed by atoms with van der Waals surface area (Å²) in [7, 11) is 0. The van der Waals surface area contributed by atoms with Crippen molar-refractivity contribution in [2.24, 2.45) is 0 Å². The Hall–Kier alpha value is -2.14. The standard InChI is InChI=1S/C43H75NO4/c1-3-5-7-9-11-13-15-17-18-20-22-24-26-28-33-37-42(46)44-40(38-45)41(48-43(47)39-34-30-29-31-35-39)36-32-27-25-23-21-19-16-14-12-10-8-6-4-2/h29-32,34-36,40-41,45H,3-28,33,37-38H2,1-2H3,(H,44,46)/t40-,41+/m0/s1. The second-order valence-electron chi connectivity index (χ2n) is 14.0. The molecule has 0 saturated carbocycles. The van der Waals surface area contributed by atoms with E-state index in [1.165, 1.54) is 141 Å². The van der Waals surface area contributed by atoms with Crippen LogP contribution in [-0.4, -0.2) is 35.7 Å². The Balaban J connectivity index is 2.33. The largest absolute Gasteiger partial charge is 0.452 e. The third-order valence-electron chi connectivity index (χ3n) is 9.50. The molecule has 0 bridgehead atoms. The van der Waals surface area contributed by atoms with Gasteiger partial charge in [-0.3, -0.25) is 4.79 Å². The average Bonchev–Trinajstić information content (AvgIpc) is 3.10. The van der Waals surface area contributed by atoms with Gasteiger partial charge in [-0.1, -0.05) is 192 Å². The van der Waals surface area contributed by atoms with Crippen LogP contribution in [0, 0.1) is 0 Å². The van der Waals surface area contributed by atoms with Crippen LogP contribution >= 0.6 is 0 Å². The first-order chi connectivity index (χ1) is 23.6. The molecule has 5 nitrogen and oxygen atoms in total. The van der Waals surface area contributed by atoms with Gasteiger partial charge in [-0.05, 0) is 37.5 Å². The maximum atomic E-state index is 12.9. The van der Waals surface area contributed by atoms with Crippen molar-refractivity contribution >= 4 is 11.9 Å². The number of amides is 1. The summed E-state index contributed by atoms with van der Waals surface area (Å²) in [5.41, 5.74) is 0.460. The molecule has 48 heavy (non-hydrogen) atoms. The Bertz CT molecular complexity index is 886. The molecule has 2 N–H and O–H groups in total. The number of allylic oxidation sites excluding steroid dienone is 1. The van der Waals surface area contributed by atoms with Crippen molar-refractivity contribution in [3.8, 4) is 0 Å². The van der Waals surface area contributed by atoms with Crippen LogP contribution in [0.3, 0.4) is 0 Å². The van der Waals surface area contributed by atoms with Gasteiger partial charge >= 0.3 is 5.97 Å². The third-order valence-corrected chi connectivity index (χ3v) is 9.50. The molecule has 0 aliphatic heterocycles. The molecule has 0 radical (unpaired) electrons. The van der Waals surface area contributed by atoms with E-state index < -0.39 is 18.1 Å². The van der Waals surface area contributed by atoms with Crippen LogP contribution in [-0.2, 0) is 9.53 Å². The summed E-state index contributed by atoms with van der Waals surface area (Å²) >= 11 is 0. The van der Waals surface area contributed by atoms with Crippen LogP contribution in [0.2, 0.25) is 0 Å². The van der Waals surface area contributed by atoms with Gasteiger partial charge in [0, 0.05) is 6.42 Å². The first-order valence-electron chi connectivity index (χ1n) is 20.4. The number of unbranched alkanes of at least 4 members (excludes halogenated alkanes) is 25. The Labute approximate surface area is 296 Å². The molecule has 1 amide bonds. The SMILES string of the molecule is CCCCCCCCCCCCCC=C[C@@H](OC(=O)c1ccccc1)[C@H](CO)NC(=O)CCCCCCCCCCCCCCCCC. The molecule has 0 aliphatic rings. The van der Waals surface area contributed by atoms with Crippen molar-refractivity contribution < 1.29 is 19.4 Å². The zero-order valence-corrected chi connectivity index (χ0v) is 31.4. The number of carbonyl (C=O) groups excluding carboxylic acids is 2. The molecule has 0 aromatic heterocycles. The van der Waals surface area contributed by atoms with Gasteiger partial charge in [0.1, 0.15) is 6.10 Å². The van der Waals surface area contributed by atoms with Gasteiger partial charge in [0.05, 0.1) is 18.2 Å². The minimum atomic E-state index is -0.722. The van der Waals surface area contributed by atoms with E-state index in [0.717, 1.165) is 32.1 Å². The zero-order chi connectivity index (χ0) is 34.8. The monoisotopic (exact) mass is 670 g/mol. The summed E-state index contributed by atoms with van der Waals surface area (Å²) in [5, 5.41) is 13.1. The van der Waals surface area contributed by atoms with E-state index in [4.69, 9.17) is 4.74 Å². The summed E-state index contributed by atoms with van der Waals surface area (Å²) in [6, 6.07) is 8.23. The van der Waals surface area contributed by atoms with Gasteiger partial charge in [-0.15, -0.1) is 0 Å². The molecule has 0 unspecified atom stereocenters. The molecule has 0 heterocycles. The molecule has 0 fully saturated rings. The summed E-state index contributed by atoms with van der Waals surface area (Å²) in [6.07, 6.45) is 38.1. The Morgan fingerprint density at radius 2 is 1.04 bits per heavy atom. The number of benzene rings is 1. The second-order valence-corrected chi connectivity index (χ2v) is 14.0. The first kappa shape index (κ1) is 43.9. The number of carbonyl (C=O) groups is 2. The summed E-state index contributed by atoms with van der Waals surface area (Å²) in [4.78, 5) is 25.7. The molecule has 1 rings (SSSR count). The van der Waals surface area contributed by atoms with E-state index in [2.05, 4.69) is 19.2 Å². The Kier molecular flexibility index (Phi) is 30.5. The highest BCUT2D eigenvalue weighted by Gasteiger charge is 2.24. The fourth-order valence-corrected chi connectivity index (χ4v) is 6.35. The number of hydrogen-bond donors (Lipinski definition) is 2. The second kappa shape index (κ2) is 33.4. The minimum absolute atomic E-state index is 0.0942. The molecule has 0 aliphatic carbocycles. The quantitative estimate of drug-likeness (QED) is 0.0435. The van der Waals surface area contributed by atoms with Gasteiger partial charge in [-0.25, -0.2) is 4.79 Å². The number of esters is 1. The lowest BCUT2D eigenvalue weighted by Crippen LogP contribution is -2.46. The smallest absolute Gasteiger partial charge is 0.338 e. The van der Waals surface area contributed by atoms with Crippen molar-refractivity contribution in [2.45, 2.75) is 206 Å². The van der Waals surface area contributed by atoms with Gasteiger partial charge in [-0.2, -0.15) is 0 Å². The van der Waals surface area contributed by atoms with Crippen LogP contribution in [0.15, 0.2) is 42.5 Å². The highest BCUT2D eigenvalue weighted by molar-refractivity contribution is 5.89. The van der Waals surface area contributed by atoms with Crippen molar-refractivity contribution in [3.05, 3.63) is 48.0 Å². The van der Waals surface area contributed by atoms with E-state index in [1.807, 2.05) is 18.2 Å². The first-order valence-corrected chi connectivity index (χ1v) is 20.4. The lowest BCUT2D eigenvalue weighted by molar-refractivity contribution is -0.123. The molecule has 5 heteroatoms. The molecular formula is C43H75NO4. The van der Waals surface area contributed by atoms with Crippen LogP contribution in [0.25, 0.3) is 0 Å². The number of nitrogens with one attached hydrogen (secondary N) is 1. The molecule has 2 atom stereocenters. The molecule has 0 saturated heterocycles. The zero-order valence-electron chi connectivity index (χ0n) is 31.4. The lowest BCUT2D eigenvalue weighted by Gasteiger charge is -2.24. The molecular weight excluding hydrogens is 594 g/mol. The van der Waals surface area contributed by atoms with E-state index >= 15 is 0 Å². The summed E-state index contributed by atoms with van der Waals surface area (Å²) in [5.74, 6) is -0.543. The normalized spacial score (nSPS) is 12.7. The summed E-state index contributed by atoms with van der Waals surface area (Å²) < 4.78 is 5.83. The fraction of sp³-hybridized carbons (Fsp3) is 0.767. The number of aliphatic hydroxyl groups excluding tert-OH is 1. The highest BCUT2D eigenvalue weighted by atomic mass is 16.5. The van der Waals surface area contributed by atoms with E-state index in [-0.39, 0.29) is 12.5 Å². The predicted octanol–water partition coefficient (Wildman–Crippen LogP) is 12.2. The number of ether oxygens (including phenoxy) is 1. The Morgan fingerprint density at radius 3 is 1.48 bits per heavy atom. The van der Waals surface area contributed by atoms with Gasteiger partial charge in [0.2, 0.25) is 5.91 Å². The topological polar surface area (TPSA) is 75.6 Å². The number of hydrogen-bond acceptors (Lipinski definition) is 4. The van der Waals surface area contributed by atoms with Crippen LogP contribution in [0.5, 0.6) is 0 Å². The Morgan fingerprint density at radius 1 is 0.625 bits per heavy atom. The van der Waals surface area contributed by atoms with Crippen LogP contribution in [0.1, 0.15) is 204 Å². The molecule has 1 aromatic rings. The van der Waals surface area contributed by atoms with Gasteiger partial charge < -0.3 is 15.2 Å². The van der Waals surface area contributed by atoms with Crippen LogP contribution in [0.4, 0.5) is 0 Å². The number of rotatable bonds is 34. The molecule has 1 aromatic carbocycles. The van der Waals surface area contributed by atoms with Crippen molar-refractivity contribution in [3.63, 3.8) is 0 Å². The maximum Gasteiger partial charge on any atom is 0.338 e.